The first-order valence-electron chi connectivity index (χ1n) is 10.7. The third-order valence-corrected chi connectivity index (χ3v) is 7.27. The minimum Gasteiger partial charge on any atom is -0.375 e. The highest BCUT2D eigenvalue weighted by Gasteiger charge is 2.27. The Morgan fingerprint density at radius 2 is 1.83 bits per heavy atom. The van der Waals surface area contributed by atoms with E-state index in [1.807, 2.05) is 11.9 Å². The lowest BCUT2D eigenvalue weighted by Gasteiger charge is -2.34. The first-order valence-corrected chi connectivity index (χ1v) is 11.5. The number of benzene rings is 2. The number of rotatable bonds is 7. The Balaban J connectivity index is 1.21. The molecule has 1 atom stereocenters. The van der Waals surface area contributed by atoms with Gasteiger partial charge in [0.05, 0.1) is 6.10 Å². The van der Waals surface area contributed by atoms with Crippen molar-refractivity contribution < 1.29 is 13.9 Å². The molecule has 2 aliphatic rings. The lowest BCUT2D eigenvalue weighted by atomic mass is 9.89. The van der Waals surface area contributed by atoms with Gasteiger partial charge in [-0.3, -0.25) is 4.79 Å². The third-order valence-electron chi connectivity index (χ3n) is 6.12. The standard InChI is InChI=1S/C24H29FN2O2S/c1-29-22-17-27(30-23-6-3-2-5-21(22)23)14-4-13-26-15-11-19(12-16-26)24(28)18-7-9-20(25)10-8-18/h2-3,5-10,19,22H,4,11-17H2,1H3. The average molecular weight is 429 g/mol. The number of carbonyl (C=O) groups excluding carboxylic acids is 1. The molecular formula is C24H29FN2O2S. The Morgan fingerprint density at radius 1 is 1.10 bits per heavy atom. The number of nitrogens with zero attached hydrogens (tertiary/aromatic N) is 2. The summed E-state index contributed by atoms with van der Waals surface area (Å²) < 4.78 is 21.2. The van der Waals surface area contributed by atoms with E-state index in [1.165, 1.54) is 22.6 Å². The highest BCUT2D eigenvalue weighted by molar-refractivity contribution is 7.97. The van der Waals surface area contributed by atoms with Crippen LogP contribution in [0.4, 0.5) is 4.39 Å². The zero-order chi connectivity index (χ0) is 20.9. The smallest absolute Gasteiger partial charge is 0.166 e. The SMILES string of the molecule is COC1CN(CCCN2CCC(C(=O)c3ccc(F)cc3)CC2)Sc2ccccc21. The van der Waals surface area contributed by atoms with Crippen molar-refractivity contribution in [1.29, 1.82) is 0 Å². The maximum atomic E-state index is 13.1. The Kier molecular flexibility index (Phi) is 7.20. The fourth-order valence-electron chi connectivity index (χ4n) is 4.37. The van der Waals surface area contributed by atoms with Crippen molar-refractivity contribution in [3.05, 3.63) is 65.5 Å². The maximum Gasteiger partial charge on any atom is 0.166 e. The summed E-state index contributed by atoms with van der Waals surface area (Å²) in [5.41, 5.74) is 1.92. The van der Waals surface area contributed by atoms with Crippen LogP contribution < -0.4 is 0 Å². The van der Waals surface area contributed by atoms with E-state index in [0.29, 0.717) is 5.56 Å². The van der Waals surface area contributed by atoms with Crippen LogP contribution in [0.5, 0.6) is 0 Å². The van der Waals surface area contributed by atoms with Crippen LogP contribution in [-0.2, 0) is 4.74 Å². The van der Waals surface area contributed by atoms with E-state index >= 15 is 0 Å². The molecule has 1 saturated heterocycles. The van der Waals surface area contributed by atoms with Gasteiger partial charge in [-0.1, -0.05) is 18.2 Å². The summed E-state index contributed by atoms with van der Waals surface area (Å²) in [6.07, 6.45) is 3.00. The van der Waals surface area contributed by atoms with E-state index in [-0.39, 0.29) is 23.6 Å². The van der Waals surface area contributed by atoms with E-state index in [2.05, 4.69) is 33.5 Å². The van der Waals surface area contributed by atoms with Crippen molar-refractivity contribution in [3.8, 4) is 0 Å². The van der Waals surface area contributed by atoms with Gasteiger partial charge in [0, 0.05) is 36.6 Å². The number of hydrogen-bond donors (Lipinski definition) is 0. The molecule has 1 fully saturated rings. The van der Waals surface area contributed by atoms with Crippen molar-refractivity contribution in [1.82, 2.24) is 9.21 Å². The molecule has 2 aromatic rings. The van der Waals surface area contributed by atoms with Gasteiger partial charge in [0.1, 0.15) is 5.82 Å². The number of ether oxygens (including phenoxy) is 1. The second kappa shape index (κ2) is 10.1. The van der Waals surface area contributed by atoms with Gasteiger partial charge in [-0.2, -0.15) is 0 Å². The molecule has 160 valence electrons. The number of fused-ring (bicyclic) bond motifs is 1. The van der Waals surface area contributed by atoms with Crippen LogP contribution in [0.1, 0.15) is 41.3 Å². The number of Topliss-reactive ketones (excluding diaryl/α,β-unsaturated/α-hetero) is 1. The van der Waals surface area contributed by atoms with Gasteiger partial charge in [0.25, 0.3) is 0 Å². The van der Waals surface area contributed by atoms with Gasteiger partial charge in [0.15, 0.2) is 5.78 Å². The summed E-state index contributed by atoms with van der Waals surface area (Å²) in [6.45, 7) is 4.89. The highest BCUT2D eigenvalue weighted by Crippen LogP contribution is 2.38. The number of methoxy groups -OCH3 is 1. The van der Waals surface area contributed by atoms with Crippen LogP contribution in [0.15, 0.2) is 53.4 Å². The molecule has 4 nitrogen and oxygen atoms in total. The van der Waals surface area contributed by atoms with Gasteiger partial charge in [-0.25, -0.2) is 8.70 Å². The predicted molar refractivity (Wildman–Crippen MR) is 118 cm³/mol. The first-order chi connectivity index (χ1) is 14.6. The molecule has 1 unspecified atom stereocenters. The summed E-state index contributed by atoms with van der Waals surface area (Å²) in [4.78, 5) is 16.4. The van der Waals surface area contributed by atoms with Crippen LogP contribution in [0.3, 0.4) is 0 Å². The fourth-order valence-corrected chi connectivity index (χ4v) is 5.52. The molecule has 0 amide bonds. The minimum absolute atomic E-state index is 0.0586. The van der Waals surface area contributed by atoms with E-state index in [0.717, 1.165) is 52.0 Å². The van der Waals surface area contributed by atoms with Crippen LogP contribution >= 0.6 is 11.9 Å². The molecule has 2 heterocycles. The van der Waals surface area contributed by atoms with Crippen molar-refractivity contribution in [2.45, 2.75) is 30.3 Å². The van der Waals surface area contributed by atoms with Crippen molar-refractivity contribution in [2.75, 3.05) is 39.8 Å². The largest absolute Gasteiger partial charge is 0.375 e. The topological polar surface area (TPSA) is 32.8 Å². The minimum atomic E-state index is -0.298. The molecule has 0 aromatic heterocycles. The Bertz CT molecular complexity index is 853. The Labute approximate surface area is 182 Å². The van der Waals surface area contributed by atoms with Gasteiger partial charge < -0.3 is 9.64 Å². The summed E-state index contributed by atoms with van der Waals surface area (Å²) in [6, 6.07) is 14.4. The van der Waals surface area contributed by atoms with E-state index in [1.54, 1.807) is 19.2 Å². The number of piperidine rings is 1. The Morgan fingerprint density at radius 3 is 2.57 bits per heavy atom. The molecule has 0 radical (unpaired) electrons. The van der Waals surface area contributed by atoms with Gasteiger partial charge >= 0.3 is 0 Å². The molecule has 2 aromatic carbocycles. The molecule has 0 N–H and O–H groups in total. The third kappa shape index (κ3) is 5.11. The maximum absolute atomic E-state index is 13.1. The van der Waals surface area contributed by atoms with Crippen LogP contribution in [0, 0.1) is 11.7 Å². The first kappa shape index (κ1) is 21.5. The van der Waals surface area contributed by atoms with Gasteiger partial charge in [-0.15, -0.1) is 0 Å². The molecule has 6 heteroatoms. The van der Waals surface area contributed by atoms with Crippen molar-refractivity contribution >= 4 is 17.7 Å². The number of hydrogen-bond acceptors (Lipinski definition) is 5. The van der Waals surface area contributed by atoms with Crippen LogP contribution in [-0.4, -0.2) is 54.8 Å². The molecule has 0 bridgehead atoms. The average Bonchev–Trinajstić information content (AvgIpc) is 2.79. The van der Waals surface area contributed by atoms with Crippen molar-refractivity contribution in [2.24, 2.45) is 5.92 Å². The summed E-state index contributed by atoms with van der Waals surface area (Å²) in [7, 11) is 1.78. The fraction of sp³-hybridized carbons (Fsp3) is 0.458. The van der Waals surface area contributed by atoms with Gasteiger partial charge in [-0.05, 0) is 86.7 Å². The molecular weight excluding hydrogens is 399 g/mol. The van der Waals surface area contributed by atoms with E-state index < -0.39 is 0 Å². The molecule has 2 aliphatic heterocycles. The molecule has 4 rings (SSSR count). The lowest BCUT2D eigenvalue weighted by Crippen LogP contribution is -2.38. The number of likely N-dealkylation sites (tertiary alicyclic amines) is 1. The molecule has 0 saturated carbocycles. The predicted octanol–water partition coefficient (Wildman–Crippen LogP) is 4.82. The highest BCUT2D eigenvalue weighted by atomic mass is 32.2. The van der Waals surface area contributed by atoms with Crippen molar-refractivity contribution in [3.63, 3.8) is 0 Å². The molecule has 0 spiro atoms. The van der Waals surface area contributed by atoms with E-state index in [9.17, 15) is 9.18 Å². The monoisotopic (exact) mass is 428 g/mol. The second-order valence-electron chi connectivity index (χ2n) is 8.08. The molecule has 30 heavy (non-hydrogen) atoms. The second-order valence-corrected chi connectivity index (χ2v) is 9.22. The summed E-state index contributed by atoms with van der Waals surface area (Å²) in [5.74, 6) is -0.0829. The van der Waals surface area contributed by atoms with Gasteiger partial charge in [0.2, 0.25) is 0 Å². The number of halogens is 1. The van der Waals surface area contributed by atoms with Crippen LogP contribution in [0.2, 0.25) is 0 Å². The quantitative estimate of drug-likeness (QED) is 0.466. The zero-order valence-corrected chi connectivity index (χ0v) is 18.2. The van der Waals surface area contributed by atoms with E-state index in [4.69, 9.17) is 4.74 Å². The summed E-state index contributed by atoms with van der Waals surface area (Å²) in [5, 5.41) is 0. The number of carbonyl (C=O) groups is 1. The Hall–Kier alpha value is -1.73. The zero-order valence-electron chi connectivity index (χ0n) is 17.4. The summed E-state index contributed by atoms with van der Waals surface area (Å²) >= 11 is 1.83. The normalized spacial score (nSPS) is 20.8. The molecule has 0 aliphatic carbocycles. The lowest BCUT2D eigenvalue weighted by molar-refractivity contribution is 0.0790. The van der Waals surface area contributed by atoms with Crippen LogP contribution in [0.25, 0.3) is 0 Å². The number of ketones is 1.